The molecular weight excluding hydrogens is 412 g/mol. The van der Waals surface area contributed by atoms with E-state index in [1.807, 2.05) is 30.3 Å². The Balaban J connectivity index is 2.30. The Labute approximate surface area is 141 Å². The number of aromatic carboxylic acids is 1. The smallest absolute Gasteiger partial charge is 0.338 e. The van der Waals surface area contributed by atoms with Gasteiger partial charge in [-0.15, -0.1) is 0 Å². The van der Waals surface area contributed by atoms with E-state index in [9.17, 15) is 9.90 Å². The Morgan fingerprint density at radius 2 is 1.73 bits per heavy atom. The summed E-state index contributed by atoms with van der Waals surface area (Å²) in [4.78, 5) is 19.7. The van der Waals surface area contributed by atoms with E-state index in [2.05, 4.69) is 41.8 Å². The Morgan fingerprint density at radius 3 is 2.45 bits per heavy atom. The number of aromatic amines is 1. The third-order valence-corrected chi connectivity index (χ3v) is 4.64. The second-order valence-electron chi connectivity index (χ2n) is 4.99. The first-order valence-electron chi connectivity index (χ1n) is 6.48. The first-order chi connectivity index (χ1) is 10.5. The van der Waals surface area contributed by atoms with Gasteiger partial charge >= 0.3 is 5.97 Å². The molecule has 108 valence electrons. The van der Waals surface area contributed by atoms with Gasteiger partial charge in [-0.1, -0.05) is 31.9 Å². The Bertz CT molecular complexity index is 1090. The standard InChI is InChI=1S/C16H8Br2N2O2/c17-7-1-3-11-9(5-7)13(16(21)22)15-14(19-11)10-6-8(18)2-4-12(10)20-15/h1-6,20H,(H,21,22). The molecule has 0 amide bonds. The van der Waals surface area contributed by atoms with E-state index < -0.39 is 5.97 Å². The zero-order chi connectivity index (χ0) is 15.4. The maximum Gasteiger partial charge on any atom is 0.338 e. The quantitative estimate of drug-likeness (QED) is 0.451. The fraction of sp³-hybridized carbons (Fsp3) is 0. The minimum atomic E-state index is -0.971. The van der Waals surface area contributed by atoms with Crippen LogP contribution in [-0.2, 0) is 0 Å². The van der Waals surface area contributed by atoms with Gasteiger partial charge in [-0.05, 0) is 36.4 Å². The molecule has 0 atom stereocenters. The molecule has 0 spiro atoms. The molecule has 0 bridgehead atoms. The molecule has 0 fully saturated rings. The Hall–Kier alpha value is -1.92. The lowest BCUT2D eigenvalue weighted by Gasteiger charge is -2.05. The van der Waals surface area contributed by atoms with E-state index in [4.69, 9.17) is 0 Å². The first-order valence-corrected chi connectivity index (χ1v) is 8.06. The van der Waals surface area contributed by atoms with Crippen LogP contribution in [-0.4, -0.2) is 21.0 Å². The van der Waals surface area contributed by atoms with Gasteiger partial charge in [-0.25, -0.2) is 9.78 Å². The molecular formula is C16H8Br2N2O2. The van der Waals surface area contributed by atoms with Crippen molar-refractivity contribution in [2.75, 3.05) is 0 Å². The molecule has 4 aromatic rings. The van der Waals surface area contributed by atoms with Gasteiger partial charge in [0.2, 0.25) is 0 Å². The number of aromatic nitrogens is 2. The van der Waals surface area contributed by atoms with Crippen LogP contribution in [0.4, 0.5) is 0 Å². The van der Waals surface area contributed by atoms with Crippen molar-refractivity contribution in [1.82, 2.24) is 9.97 Å². The molecule has 2 aromatic carbocycles. The average molecular weight is 420 g/mol. The summed E-state index contributed by atoms with van der Waals surface area (Å²) in [7, 11) is 0. The van der Waals surface area contributed by atoms with Gasteiger partial charge in [0.15, 0.2) is 0 Å². The maximum atomic E-state index is 11.8. The molecule has 0 saturated carbocycles. The number of hydrogen-bond donors (Lipinski definition) is 2. The number of halogens is 2. The molecule has 22 heavy (non-hydrogen) atoms. The fourth-order valence-electron chi connectivity index (χ4n) is 2.73. The van der Waals surface area contributed by atoms with Crippen molar-refractivity contribution in [3.05, 3.63) is 50.9 Å². The minimum Gasteiger partial charge on any atom is -0.478 e. The molecule has 0 aliphatic rings. The predicted octanol–water partition coefficient (Wildman–Crippen LogP) is 5.09. The monoisotopic (exact) mass is 418 g/mol. The van der Waals surface area contributed by atoms with Crippen molar-refractivity contribution in [1.29, 1.82) is 0 Å². The second-order valence-corrected chi connectivity index (χ2v) is 6.82. The number of rotatable bonds is 1. The normalized spacial score (nSPS) is 11.5. The van der Waals surface area contributed by atoms with Crippen molar-refractivity contribution >= 4 is 70.7 Å². The topological polar surface area (TPSA) is 66.0 Å². The van der Waals surface area contributed by atoms with Crippen LogP contribution in [0.15, 0.2) is 45.3 Å². The third kappa shape index (κ3) is 1.94. The highest BCUT2D eigenvalue weighted by Gasteiger charge is 2.19. The molecule has 6 heteroatoms. The number of nitrogens with one attached hydrogen (secondary N) is 1. The van der Waals surface area contributed by atoms with E-state index in [0.717, 1.165) is 19.8 Å². The van der Waals surface area contributed by atoms with Gasteiger partial charge in [0.1, 0.15) is 0 Å². The molecule has 2 heterocycles. The number of carbonyl (C=O) groups is 1. The lowest BCUT2D eigenvalue weighted by Crippen LogP contribution is -2.00. The van der Waals surface area contributed by atoms with Gasteiger partial charge in [-0.3, -0.25) is 0 Å². The SMILES string of the molecule is O=C(O)c1c2cc(Br)ccc2nc2c1[nH]c1ccc(Br)cc12. The number of carboxylic acid groups (broad SMARTS) is 1. The summed E-state index contributed by atoms with van der Waals surface area (Å²) >= 11 is 6.83. The summed E-state index contributed by atoms with van der Waals surface area (Å²) in [6, 6.07) is 11.2. The van der Waals surface area contributed by atoms with Crippen LogP contribution in [0.2, 0.25) is 0 Å². The van der Waals surface area contributed by atoms with Gasteiger partial charge < -0.3 is 10.1 Å². The number of nitrogens with zero attached hydrogens (tertiary/aromatic N) is 1. The van der Waals surface area contributed by atoms with Crippen molar-refractivity contribution in [2.45, 2.75) is 0 Å². The summed E-state index contributed by atoms with van der Waals surface area (Å²) in [6.07, 6.45) is 0. The molecule has 4 rings (SSSR count). The molecule has 0 aliphatic carbocycles. The van der Waals surface area contributed by atoms with E-state index in [-0.39, 0.29) is 5.56 Å². The molecule has 4 nitrogen and oxygen atoms in total. The van der Waals surface area contributed by atoms with Crippen molar-refractivity contribution in [3.63, 3.8) is 0 Å². The van der Waals surface area contributed by atoms with Crippen LogP contribution in [0.1, 0.15) is 10.4 Å². The highest BCUT2D eigenvalue weighted by molar-refractivity contribution is 9.10. The third-order valence-electron chi connectivity index (χ3n) is 3.66. The minimum absolute atomic E-state index is 0.244. The van der Waals surface area contributed by atoms with Gasteiger partial charge in [0.25, 0.3) is 0 Å². The summed E-state index contributed by atoms with van der Waals surface area (Å²) in [5.41, 5.74) is 2.99. The largest absolute Gasteiger partial charge is 0.478 e. The number of H-pyrrole nitrogens is 1. The van der Waals surface area contributed by atoms with E-state index in [1.54, 1.807) is 6.07 Å². The zero-order valence-electron chi connectivity index (χ0n) is 11.0. The molecule has 2 N–H and O–H groups in total. The summed E-state index contributed by atoms with van der Waals surface area (Å²) in [5.74, 6) is -0.971. The molecule has 2 aromatic heterocycles. The lowest BCUT2D eigenvalue weighted by molar-refractivity contribution is 0.0701. The summed E-state index contributed by atoms with van der Waals surface area (Å²) in [6.45, 7) is 0. The Morgan fingerprint density at radius 1 is 1.05 bits per heavy atom. The first kappa shape index (κ1) is 13.7. The van der Waals surface area contributed by atoms with Crippen LogP contribution in [0.5, 0.6) is 0 Å². The van der Waals surface area contributed by atoms with Crippen LogP contribution >= 0.6 is 31.9 Å². The van der Waals surface area contributed by atoms with Crippen molar-refractivity contribution in [2.24, 2.45) is 0 Å². The highest BCUT2D eigenvalue weighted by Crippen LogP contribution is 2.33. The fourth-order valence-corrected chi connectivity index (χ4v) is 3.45. The summed E-state index contributed by atoms with van der Waals surface area (Å²) in [5, 5.41) is 11.2. The second kappa shape index (κ2) is 4.79. The number of carboxylic acids is 1. The van der Waals surface area contributed by atoms with Crippen molar-refractivity contribution < 1.29 is 9.90 Å². The van der Waals surface area contributed by atoms with Crippen LogP contribution < -0.4 is 0 Å². The maximum absolute atomic E-state index is 11.8. The van der Waals surface area contributed by atoms with Crippen molar-refractivity contribution in [3.8, 4) is 0 Å². The van der Waals surface area contributed by atoms with Crippen LogP contribution in [0.3, 0.4) is 0 Å². The number of fused-ring (bicyclic) bond motifs is 4. The van der Waals surface area contributed by atoms with Gasteiger partial charge in [-0.2, -0.15) is 0 Å². The van der Waals surface area contributed by atoms with Crippen LogP contribution in [0.25, 0.3) is 32.8 Å². The molecule has 0 unspecified atom stereocenters. The highest BCUT2D eigenvalue weighted by atomic mass is 79.9. The summed E-state index contributed by atoms with van der Waals surface area (Å²) < 4.78 is 1.75. The molecule has 0 saturated heterocycles. The lowest BCUT2D eigenvalue weighted by atomic mass is 10.1. The number of benzene rings is 2. The number of hydrogen-bond acceptors (Lipinski definition) is 2. The molecule has 0 radical (unpaired) electrons. The molecule has 0 aliphatic heterocycles. The Kier molecular flexibility index (Phi) is 2.99. The average Bonchev–Trinajstić information content (AvgIpc) is 2.81. The van der Waals surface area contributed by atoms with Crippen LogP contribution in [0, 0.1) is 0 Å². The zero-order valence-corrected chi connectivity index (χ0v) is 14.2. The van der Waals surface area contributed by atoms with Gasteiger partial charge in [0, 0.05) is 25.2 Å². The van der Waals surface area contributed by atoms with Gasteiger partial charge in [0.05, 0.1) is 22.1 Å². The van der Waals surface area contributed by atoms with E-state index >= 15 is 0 Å². The van der Waals surface area contributed by atoms with E-state index in [0.29, 0.717) is 21.9 Å². The number of pyridine rings is 1. The predicted molar refractivity (Wildman–Crippen MR) is 93.5 cm³/mol. The van der Waals surface area contributed by atoms with E-state index in [1.165, 1.54) is 0 Å².